The Morgan fingerprint density at radius 1 is 1.21 bits per heavy atom. The average molecular weight is 577 g/mol. The van der Waals surface area contributed by atoms with Crippen LogP contribution in [0.5, 0.6) is 5.75 Å². The Morgan fingerprint density at radius 3 is 2.28 bits per heavy atom. The zero-order chi connectivity index (χ0) is 29.8. The number of hydrogen-bond acceptors (Lipinski definition) is 8. The number of rotatable bonds is 11. The van der Waals surface area contributed by atoms with E-state index in [0.717, 1.165) is 31.4 Å². The third-order valence-corrected chi connectivity index (χ3v) is 5.53. The highest BCUT2D eigenvalue weighted by Crippen LogP contribution is 2.18. The van der Waals surface area contributed by atoms with Crippen LogP contribution < -0.4 is 27.3 Å². The second kappa shape index (κ2) is 15.4. The van der Waals surface area contributed by atoms with Crippen LogP contribution in [0.15, 0.2) is 24.3 Å². The molecular weight excluding hydrogens is 545 g/mol. The summed E-state index contributed by atoms with van der Waals surface area (Å²) < 4.78 is 36.9. The molecule has 1 atom stereocenters. The number of aromatic nitrogens is 2. The van der Waals surface area contributed by atoms with E-state index in [1.54, 1.807) is 12.0 Å². The van der Waals surface area contributed by atoms with Gasteiger partial charge in [0.2, 0.25) is 0 Å². The molecule has 216 valence electrons. The quantitative estimate of drug-likeness (QED) is 0.170. The number of aryl methyl sites for hydroxylation is 1. The smallest absolute Gasteiger partial charge is 0.490 e. The number of anilines is 2. The fourth-order valence-electron chi connectivity index (χ4n) is 3.35. The van der Waals surface area contributed by atoms with Crippen LogP contribution in [-0.4, -0.2) is 70.2 Å². The molecule has 1 heterocycles. The number of benzene rings is 1. The van der Waals surface area contributed by atoms with Crippen molar-refractivity contribution in [3.63, 3.8) is 0 Å². The van der Waals surface area contributed by atoms with Crippen molar-refractivity contribution in [1.82, 2.24) is 20.2 Å². The van der Waals surface area contributed by atoms with Crippen LogP contribution >= 0.6 is 11.6 Å². The number of guanidine groups is 1. The molecule has 1 aromatic carbocycles. The normalized spacial score (nSPS) is 11.5. The number of carbonyl (C=O) groups excluding carboxylic acids is 1. The van der Waals surface area contributed by atoms with Crippen molar-refractivity contribution in [3.8, 4) is 5.75 Å². The first-order chi connectivity index (χ1) is 18.2. The molecule has 0 aliphatic carbocycles. The Hall–Kier alpha value is -4.01. The van der Waals surface area contributed by atoms with Crippen LogP contribution in [-0.2, 0) is 11.2 Å². The molecule has 2 rings (SSSR count). The van der Waals surface area contributed by atoms with E-state index in [4.69, 9.17) is 48.8 Å². The fourth-order valence-corrected chi connectivity index (χ4v) is 3.48. The molecule has 0 aliphatic rings. The molecule has 0 bridgehead atoms. The molecule has 12 nitrogen and oxygen atoms in total. The zero-order valence-electron chi connectivity index (χ0n) is 21.4. The van der Waals surface area contributed by atoms with Gasteiger partial charge >= 0.3 is 12.1 Å². The number of nitrogens with two attached hydrogens (primary N) is 3. The van der Waals surface area contributed by atoms with Gasteiger partial charge in [-0.1, -0.05) is 37.1 Å². The molecule has 0 spiro atoms. The van der Waals surface area contributed by atoms with Crippen LogP contribution in [0, 0.1) is 5.41 Å². The summed E-state index contributed by atoms with van der Waals surface area (Å²) in [7, 11) is 1.63. The summed E-state index contributed by atoms with van der Waals surface area (Å²) in [6, 6.07) is 7.72. The zero-order valence-corrected chi connectivity index (χ0v) is 22.1. The summed E-state index contributed by atoms with van der Waals surface area (Å²) in [4.78, 5) is 31.0. The molecule has 9 N–H and O–H groups in total. The largest absolute Gasteiger partial charge is 0.497 e. The topological polar surface area (TPSA) is 207 Å². The molecule has 39 heavy (non-hydrogen) atoms. The molecule has 0 saturated carbocycles. The molecule has 0 saturated heterocycles. The third-order valence-electron chi connectivity index (χ3n) is 5.26. The lowest BCUT2D eigenvalue weighted by Crippen LogP contribution is -2.50. The Balaban J connectivity index is 0.000000956. The molecule has 0 aliphatic heterocycles. The standard InChI is InChI=1S/C21H31ClN8O2.C2HF3O2/c1-3-5-14(12-27-20(31)16-18(23)29-19(24)17(22)28-16)30(21(25)26)11-4-6-13-7-9-15(32-2)10-8-13;3-2(4,5)1(6)7/h7-10,14H,3-6,11-12H2,1-2H3,(H3,25,26)(H,27,31)(H4,23,24,29);(H,6,7)/t14-;/m1./s1. The highest BCUT2D eigenvalue weighted by atomic mass is 35.5. The number of nitrogens with one attached hydrogen (secondary N) is 2. The Kier molecular flexibility index (Phi) is 13.0. The number of halogens is 4. The van der Waals surface area contributed by atoms with Crippen LogP contribution in [0.4, 0.5) is 24.8 Å². The number of nitrogens with zero attached hydrogens (tertiary/aromatic N) is 3. The summed E-state index contributed by atoms with van der Waals surface area (Å²) in [5, 5.41) is 17.9. The maximum absolute atomic E-state index is 12.6. The third kappa shape index (κ3) is 11.1. The number of methoxy groups -OCH3 is 1. The SMILES string of the molecule is CCC[C@H](CNC(=O)c1nc(Cl)c(N)nc1N)N(CCCc1ccc(OC)cc1)C(=N)N.O=C(O)C(F)(F)F. The van der Waals surface area contributed by atoms with Crippen molar-refractivity contribution in [2.45, 2.75) is 44.8 Å². The van der Waals surface area contributed by atoms with Gasteiger partial charge < -0.3 is 37.3 Å². The summed E-state index contributed by atoms with van der Waals surface area (Å²) in [5.74, 6) is -2.64. The van der Waals surface area contributed by atoms with E-state index in [0.29, 0.717) is 6.54 Å². The van der Waals surface area contributed by atoms with Crippen molar-refractivity contribution in [3.05, 3.63) is 40.7 Å². The second-order valence-electron chi connectivity index (χ2n) is 8.12. The van der Waals surface area contributed by atoms with Crippen molar-refractivity contribution < 1.29 is 32.6 Å². The number of carboxylic acid groups (broad SMARTS) is 1. The average Bonchev–Trinajstić information content (AvgIpc) is 2.86. The van der Waals surface area contributed by atoms with E-state index in [2.05, 4.69) is 15.3 Å². The molecule has 0 fully saturated rings. The molecule has 0 unspecified atom stereocenters. The summed E-state index contributed by atoms with van der Waals surface area (Å²) in [5.41, 5.74) is 18.3. The molecule has 1 aromatic heterocycles. The van der Waals surface area contributed by atoms with Gasteiger partial charge in [0.05, 0.1) is 7.11 Å². The minimum atomic E-state index is -5.08. The van der Waals surface area contributed by atoms with Crippen molar-refractivity contribution in [1.29, 1.82) is 5.41 Å². The summed E-state index contributed by atoms with van der Waals surface area (Å²) in [6.45, 7) is 2.88. The van der Waals surface area contributed by atoms with Gasteiger partial charge in [-0.3, -0.25) is 10.2 Å². The van der Waals surface area contributed by atoms with Crippen LogP contribution in [0.25, 0.3) is 0 Å². The molecule has 16 heteroatoms. The predicted molar refractivity (Wildman–Crippen MR) is 141 cm³/mol. The fraction of sp³-hybridized carbons (Fsp3) is 0.435. The van der Waals surface area contributed by atoms with E-state index in [1.165, 1.54) is 5.56 Å². The van der Waals surface area contributed by atoms with Crippen LogP contribution in [0.2, 0.25) is 5.15 Å². The Morgan fingerprint density at radius 2 is 1.79 bits per heavy atom. The number of nitrogen functional groups attached to an aromatic ring is 2. The van der Waals surface area contributed by atoms with Crippen molar-refractivity contribution in [2.24, 2.45) is 5.73 Å². The number of amides is 1. The van der Waals surface area contributed by atoms with Crippen LogP contribution in [0.1, 0.15) is 42.2 Å². The van der Waals surface area contributed by atoms with Gasteiger partial charge in [-0.25, -0.2) is 14.8 Å². The summed E-state index contributed by atoms with van der Waals surface area (Å²) >= 11 is 5.86. The number of alkyl halides is 3. The number of ether oxygens (including phenoxy) is 1. The number of aliphatic carboxylic acids is 1. The molecule has 1 amide bonds. The van der Waals surface area contributed by atoms with Gasteiger partial charge in [0.1, 0.15) is 5.75 Å². The van der Waals surface area contributed by atoms with Gasteiger partial charge in [-0.05, 0) is 37.0 Å². The van der Waals surface area contributed by atoms with Gasteiger partial charge in [0, 0.05) is 19.1 Å². The first-order valence-electron chi connectivity index (χ1n) is 11.6. The number of carboxylic acids is 1. The first kappa shape index (κ1) is 33.0. The van der Waals surface area contributed by atoms with Crippen LogP contribution in [0.3, 0.4) is 0 Å². The maximum atomic E-state index is 12.6. The molecule has 0 radical (unpaired) electrons. The van der Waals surface area contributed by atoms with E-state index < -0.39 is 18.1 Å². The number of carbonyl (C=O) groups is 2. The Labute approximate surface area is 228 Å². The van der Waals surface area contributed by atoms with Gasteiger partial charge in [-0.15, -0.1) is 0 Å². The van der Waals surface area contributed by atoms with E-state index in [9.17, 15) is 18.0 Å². The highest BCUT2D eigenvalue weighted by molar-refractivity contribution is 6.31. The lowest BCUT2D eigenvalue weighted by molar-refractivity contribution is -0.192. The lowest BCUT2D eigenvalue weighted by Gasteiger charge is -2.32. The molecule has 2 aromatic rings. The Bertz CT molecular complexity index is 1120. The first-order valence-corrected chi connectivity index (χ1v) is 12.0. The monoisotopic (exact) mass is 576 g/mol. The van der Waals surface area contributed by atoms with E-state index in [-0.39, 0.29) is 41.0 Å². The van der Waals surface area contributed by atoms with Gasteiger partial charge in [0.25, 0.3) is 5.91 Å². The maximum Gasteiger partial charge on any atom is 0.490 e. The number of hydrogen-bond donors (Lipinski definition) is 6. The minimum absolute atomic E-state index is 0.0378. The van der Waals surface area contributed by atoms with Crippen molar-refractivity contribution >= 4 is 41.1 Å². The second-order valence-corrected chi connectivity index (χ2v) is 8.48. The molecular formula is C23H32ClF3N8O4. The van der Waals surface area contributed by atoms with Gasteiger partial charge in [0.15, 0.2) is 28.4 Å². The summed E-state index contributed by atoms with van der Waals surface area (Å²) in [6.07, 6.45) is -1.86. The van der Waals surface area contributed by atoms with E-state index in [1.807, 2.05) is 31.2 Å². The lowest BCUT2D eigenvalue weighted by atomic mass is 10.1. The van der Waals surface area contributed by atoms with Gasteiger partial charge in [-0.2, -0.15) is 13.2 Å². The predicted octanol–water partition coefficient (Wildman–Crippen LogP) is 2.66. The van der Waals surface area contributed by atoms with Crippen molar-refractivity contribution in [2.75, 3.05) is 31.7 Å². The highest BCUT2D eigenvalue weighted by Gasteiger charge is 2.38. The minimum Gasteiger partial charge on any atom is -0.497 e. The van der Waals surface area contributed by atoms with E-state index >= 15 is 0 Å².